The zero-order valence-corrected chi connectivity index (χ0v) is 93.8. The summed E-state index contributed by atoms with van der Waals surface area (Å²) in [5.41, 5.74) is 3.76. The topological polar surface area (TPSA) is 236 Å². The van der Waals surface area contributed by atoms with Crippen LogP contribution in [0.4, 0.5) is 0 Å². The van der Waals surface area contributed by atoms with Gasteiger partial charge in [-0.1, -0.05) is 266 Å². The van der Waals surface area contributed by atoms with E-state index < -0.39 is 45.4 Å². The van der Waals surface area contributed by atoms with E-state index in [1.807, 2.05) is 191 Å². The molecule has 0 bridgehead atoms. The van der Waals surface area contributed by atoms with Crippen LogP contribution in [0.25, 0.3) is 43.6 Å². The molecule has 111 heavy (non-hydrogen) atoms. The van der Waals surface area contributed by atoms with Crippen molar-refractivity contribution < 1.29 is 75.1 Å². The predicted octanol–water partition coefficient (Wildman–Crippen LogP) is 25.0. The molecular formula is C74H116B3Br3ClI7N7O12Si3V-. The van der Waals surface area contributed by atoms with Crippen LogP contribution in [0, 0.1) is 4.93 Å². The van der Waals surface area contributed by atoms with E-state index in [1.54, 1.807) is 0 Å². The van der Waals surface area contributed by atoms with Gasteiger partial charge in [0.25, 0.3) is 0 Å². The number of ether oxygens (including phenoxy) is 3. The van der Waals surface area contributed by atoms with E-state index in [0.717, 1.165) is 103 Å². The Bertz CT molecular complexity index is 3720. The summed E-state index contributed by atoms with van der Waals surface area (Å²) < 4.78 is 56.3. The first-order valence-corrected chi connectivity index (χ1v) is 59.9. The summed E-state index contributed by atoms with van der Waals surface area (Å²) in [7, 11) is -3.90. The van der Waals surface area contributed by atoms with E-state index in [-0.39, 0.29) is 52.2 Å². The number of alkyl halides is 7. The van der Waals surface area contributed by atoms with Crippen molar-refractivity contribution in [2.45, 2.75) is 208 Å². The molecule has 19 nitrogen and oxygen atoms in total. The van der Waals surface area contributed by atoms with Gasteiger partial charge in [0.2, 0.25) is 0 Å². The maximum absolute atomic E-state index is 11.0. The third-order valence-electron chi connectivity index (χ3n) is 17.3. The van der Waals surface area contributed by atoms with E-state index in [0.29, 0.717) is 23.1 Å². The van der Waals surface area contributed by atoms with Gasteiger partial charge in [0.15, 0.2) is 18.9 Å². The van der Waals surface area contributed by atoms with E-state index in [9.17, 15) is 14.4 Å². The van der Waals surface area contributed by atoms with Crippen LogP contribution in [0.15, 0.2) is 98.5 Å². The molecule has 0 unspecified atom stereocenters. The summed E-state index contributed by atoms with van der Waals surface area (Å²) >= 11 is 30.9. The standard InChI is InChI=1S/C14H17BN2O3.C12H24B2O4.2C8H5BrN2O.C8H6BrN.2C7H18OSi.C6H15ClOSi.CHI3.CH2I2.CH3I.CH2I.V/c1-13(2)14(3,4)20-15(19-13)9-5-6-11-10(7-9)12(8-18)17-16-11;1-9(2)10(3,4)16-13(15-9)14-17-11(5,6)12(7,8)18-14;2*9-5-1-2-7-6(3-5)8(4-12)11-10-7;9-7-1-2-8-6(5-7)3-4-10-8;2*1-5-8-6-7-9(2,3)4;1-9(2,3)5-4-8-6-7;2-1(3)4;2-1-3;2*1-2;/h5-8H,1-4H3,(H,16,17);1-8H3;2*1-4H,(H,10,11);1-5,10H;2*5-7H2,1-4H3;4-6H2,1-3H3;1H;1H2;1H3;1H2;/q;;;;;;;;;;;-1;. The first-order chi connectivity index (χ1) is 51.0. The Morgan fingerprint density at radius 2 is 0.784 bits per heavy atom. The van der Waals surface area contributed by atoms with Crippen molar-refractivity contribution in [2.75, 3.05) is 46.5 Å². The van der Waals surface area contributed by atoms with Crippen molar-refractivity contribution >= 4 is 331 Å². The average molecular weight is 2630 g/mol. The maximum Gasteiger partial charge on any atom is 0.494 e. The number of fused-ring (bicyclic) bond motifs is 4. The molecule has 4 aromatic heterocycles. The summed E-state index contributed by atoms with van der Waals surface area (Å²) in [6.45, 7) is 54.0. The van der Waals surface area contributed by atoms with Gasteiger partial charge in [-0.15, -0.1) is 0 Å². The van der Waals surface area contributed by atoms with Crippen molar-refractivity contribution in [1.29, 1.82) is 0 Å². The Hall–Kier alpha value is 1.75. The van der Waals surface area contributed by atoms with Crippen LogP contribution in [0.5, 0.6) is 0 Å². The minimum absolute atomic E-state index is 0. The Balaban J connectivity index is 0. The number of H-pyrrole nitrogens is 4. The molecule has 8 aromatic rings. The van der Waals surface area contributed by atoms with Gasteiger partial charge in [0.05, 0.1) is 52.6 Å². The summed E-state index contributed by atoms with van der Waals surface area (Å²) in [6, 6.07) is 29.2. The number of aldehydes is 3. The SMILES string of the molecule is Brc1ccc2[nH]ccc2c1.CC1(C)OB(B2OC(C)(C)C(C)(C)O2)OC1(C)C.CC1(C)OB(c2ccc3n[nH]c(C=O)c3c2)OC1(C)C.CCOCC[Si](C)(C)C.CCOCC[Si](C)(C)C.CI.C[Si](C)(C)CCOCCl.IC(I)I.ICI.O=Cc1[nH]nc2ccc(Br)cc12.O=Cc1[nH]nc2ccc(Br)cc12.[CH2-]I.[V]. The smallest absolute Gasteiger partial charge is 0.405 e. The first kappa shape index (κ1) is 115. The summed E-state index contributed by atoms with van der Waals surface area (Å²) in [5.74, 6) is 0. The number of hydrogen-bond donors (Lipinski definition) is 4. The number of hydrogen-bond acceptors (Lipinski definition) is 15. The van der Waals surface area contributed by atoms with E-state index in [4.69, 9.17) is 53.7 Å². The molecule has 623 valence electrons. The largest absolute Gasteiger partial charge is 0.494 e. The molecule has 0 aliphatic carbocycles. The normalized spacial score (nSPS) is 15.6. The third-order valence-corrected chi connectivity index (χ3v) is 24.1. The Morgan fingerprint density at radius 3 is 1.09 bits per heavy atom. The van der Waals surface area contributed by atoms with Gasteiger partial charge in [0, 0.05) is 122 Å². The van der Waals surface area contributed by atoms with Gasteiger partial charge in [0.1, 0.15) is 23.1 Å². The van der Waals surface area contributed by atoms with E-state index in [2.05, 4.69) is 301 Å². The van der Waals surface area contributed by atoms with Crippen LogP contribution in [-0.4, -0.2) is 180 Å². The molecule has 7 heterocycles. The molecule has 3 aliphatic heterocycles. The maximum atomic E-state index is 11.0. The van der Waals surface area contributed by atoms with Crippen LogP contribution in [0.2, 0.25) is 77.1 Å². The number of aromatic amines is 4. The molecule has 37 heteroatoms. The molecule has 3 aliphatic rings. The van der Waals surface area contributed by atoms with Crippen molar-refractivity contribution in [3.63, 3.8) is 0 Å². The second kappa shape index (κ2) is 56.5. The fourth-order valence-electron chi connectivity index (χ4n) is 8.95. The number of rotatable bonds is 17. The number of carbonyl (C=O) groups excluding carboxylic acids is 3. The van der Waals surface area contributed by atoms with E-state index >= 15 is 0 Å². The zero-order chi connectivity index (χ0) is 84.9. The first-order valence-electron chi connectivity index (χ1n) is 35.4. The number of carbonyl (C=O) groups is 3. The summed E-state index contributed by atoms with van der Waals surface area (Å²) in [5, 5.41) is 23.7. The zero-order valence-electron chi connectivity index (χ0n) is 68.7. The van der Waals surface area contributed by atoms with Crippen LogP contribution < -0.4 is 5.46 Å². The molecular weight excluding hydrogens is 2510 g/mol. The van der Waals surface area contributed by atoms with Crippen molar-refractivity contribution in [2.24, 2.45) is 0 Å². The molecule has 0 atom stereocenters. The Labute approximate surface area is 804 Å². The number of nitrogens with one attached hydrogen (secondary N) is 4. The number of aromatic nitrogens is 7. The van der Waals surface area contributed by atoms with Crippen LogP contribution in [-0.2, 0) is 60.7 Å². The van der Waals surface area contributed by atoms with E-state index in [1.165, 1.54) is 31.5 Å². The minimum Gasteiger partial charge on any atom is -0.405 e. The van der Waals surface area contributed by atoms with Crippen molar-refractivity contribution in [3.8, 4) is 0 Å². The van der Waals surface area contributed by atoms with Gasteiger partial charge in [-0.3, -0.25) is 34.6 Å². The fraction of sp³-hybridized carbons (Fsp3) is 0.554. The summed E-state index contributed by atoms with van der Waals surface area (Å²) in [4.78, 5) is 40.3. The van der Waals surface area contributed by atoms with Crippen molar-refractivity contribution in [1.82, 2.24) is 35.6 Å². The van der Waals surface area contributed by atoms with Crippen molar-refractivity contribution in [3.05, 3.63) is 120 Å². The second-order valence-electron chi connectivity index (χ2n) is 31.1. The van der Waals surface area contributed by atoms with Gasteiger partial charge in [-0.2, -0.15) is 15.3 Å². The monoisotopic (exact) mass is 2620 g/mol. The Morgan fingerprint density at radius 1 is 0.495 bits per heavy atom. The molecule has 3 fully saturated rings. The summed E-state index contributed by atoms with van der Waals surface area (Å²) in [6.07, 6.45) is 4.24. The molecule has 4 aromatic carbocycles. The van der Waals surface area contributed by atoms with Crippen LogP contribution in [0.3, 0.4) is 0 Å². The van der Waals surface area contributed by atoms with Crippen LogP contribution >= 0.6 is 218 Å². The number of nitrogens with zero attached hydrogens (tertiary/aromatic N) is 3. The minimum atomic E-state index is -0.878. The molecule has 1 radical (unpaired) electrons. The molecule has 4 N–H and O–H groups in total. The number of benzene rings is 4. The van der Waals surface area contributed by atoms with Gasteiger partial charge in [-0.05, 0) is 192 Å². The predicted molar refractivity (Wildman–Crippen MR) is 546 cm³/mol. The number of halogens is 11. The fourth-order valence-corrected chi connectivity index (χ4v) is 12.4. The third kappa shape index (κ3) is 43.6. The van der Waals surface area contributed by atoms with Gasteiger partial charge >= 0.3 is 21.1 Å². The average Bonchev–Trinajstić information content (AvgIpc) is 1.60. The molecule has 0 spiro atoms. The van der Waals surface area contributed by atoms with Gasteiger partial charge < -0.3 is 69.7 Å². The van der Waals surface area contributed by atoms with Gasteiger partial charge in [-0.25, -0.2) is 0 Å². The van der Waals surface area contributed by atoms with Crippen LogP contribution in [0.1, 0.15) is 128 Å². The second-order valence-corrected chi connectivity index (χ2v) is 66.3. The Kier molecular flexibility index (Phi) is 58.4. The quantitative estimate of drug-likeness (QED) is 0.0166. The molecule has 11 rings (SSSR count). The molecule has 0 saturated carbocycles. The molecule has 0 amide bonds. The molecule has 3 saturated heterocycles.